The molecule has 1 unspecified atom stereocenters. The average molecular weight is 410 g/mol. The number of nitrogens with one attached hydrogen (secondary N) is 1. The van der Waals surface area contributed by atoms with E-state index in [2.05, 4.69) is 5.32 Å². The highest BCUT2D eigenvalue weighted by molar-refractivity contribution is 5.85. The second-order valence-corrected chi connectivity index (χ2v) is 7.51. The van der Waals surface area contributed by atoms with Gasteiger partial charge in [-0.2, -0.15) is 0 Å². The number of aryl methyl sites for hydroxylation is 1. The minimum absolute atomic E-state index is 0. The monoisotopic (exact) mass is 409 g/mol. The number of amides is 2. The number of halogens is 1. The second kappa shape index (κ2) is 11.3. The van der Waals surface area contributed by atoms with Gasteiger partial charge in [0.05, 0.1) is 7.11 Å². The van der Waals surface area contributed by atoms with Crippen LogP contribution in [-0.4, -0.2) is 68.0 Å². The lowest BCUT2D eigenvalue weighted by Crippen LogP contribution is -2.50. The van der Waals surface area contributed by atoms with Gasteiger partial charge in [-0.05, 0) is 56.0 Å². The lowest BCUT2D eigenvalue weighted by Gasteiger charge is -2.35. The standard InChI is InChI=1S/C21H31N3O3.ClH/c1-27-19-6-2-17(3-7-19)4-8-20(25)23-12-14-24(15-13-23)21(26)9-5-18-10-11-22-16-18;/h2-3,6-7,18,22H,4-5,8-16H2,1H3;1H. The van der Waals surface area contributed by atoms with Crippen LogP contribution in [0.2, 0.25) is 0 Å². The van der Waals surface area contributed by atoms with Crippen molar-refractivity contribution in [3.8, 4) is 5.75 Å². The first-order chi connectivity index (χ1) is 13.2. The van der Waals surface area contributed by atoms with Gasteiger partial charge in [-0.1, -0.05) is 12.1 Å². The van der Waals surface area contributed by atoms with Crippen LogP contribution < -0.4 is 10.1 Å². The number of carbonyl (C=O) groups is 2. The van der Waals surface area contributed by atoms with Crippen LogP contribution in [0.4, 0.5) is 0 Å². The molecule has 28 heavy (non-hydrogen) atoms. The summed E-state index contributed by atoms with van der Waals surface area (Å²) >= 11 is 0. The zero-order valence-corrected chi connectivity index (χ0v) is 17.5. The number of rotatable bonds is 7. The van der Waals surface area contributed by atoms with Crippen LogP contribution in [-0.2, 0) is 16.0 Å². The molecule has 2 aliphatic heterocycles. The Morgan fingerprint density at radius 2 is 1.64 bits per heavy atom. The number of nitrogens with zero attached hydrogens (tertiary/aromatic N) is 2. The Kier molecular flexibility index (Phi) is 9.06. The van der Waals surface area contributed by atoms with Gasteiger partial charge >= 0.3 is 0 Å². The first-order valence-electron chi connectivity index (χ1n) is 10.0. The first kappa shape index (κ1) is 22.5. The van der Waals surface area contributed by atoms with Crippen LogP contribution in [0.15, 0.2) is 24.3 Å². The summed E-state index contributed by atoms with van der Waals surface area (Å²) in [4.78, 5) is 28.7. The molecule has 0 aliphatic carbocycles. The van der Waals surface area contributed by atoms with Gasteiger partial charge < -0.3 is 19.9 Å². The molecule has 2 fully saturated rings. The SMILES string of the molecule is COc1ccc(CCC(=O)N2CCN(C(=O)CCC3CCNC3)CC2)cc1.Cl. The van der Waals surface area contributed by atoms with E-state index in [9.17, 15) is 9.59 Å². The zero-order chi connectivity index (χ0) is 19.1. The van der Waals surface area contributed by atoms with Crippen molar-refractivity contribution in [2.24, 2.45) is 5.92 Å². The van der Waals surface area contributed by atoms with Gasteiger partial charge in [-0.3, -0.25) is 9.59 Å². The number of carbonyl (C=O) groups excluding carboxylic acids is 2. The summed E-state index contributed by atoms with van der Waals surface area (Å²) in [5, 5.41) is 3.35. The maximum absolute atomic E-state index is 12.5. The van der Waals surface area contributed by atoms with Gasteiger partial charge in [0.25, 0.3) is 0 Å². The molecule has 0 aromatic heterocycles. The Morgan fingerprint density at radius 3 is 2.18 bits per heavy atom. The predicted molar refractivity (Wildman–Crippen MR) is 112 cm³/mol. The molecule has 1 atom stereocenters. The number of piperazine rings is 1. The van der Waals surface area contributed by atoms with E-state index in [0.29, 0.717) is 44.9 Å². The molecular weight excluding hydrogens is 378 g/mol. The fourth-order valence-electron chi connectivity index (χ4n) is 3.85. The van der Waals surface area contributed by atoms with Crippen molar-refractivity contribution in [3.05, 3.63) is 29.8 Å². The normalized spacial score (nSPS) is 19.2. The third-order valence-corrected chi connectivity index (χ3v) is 5.70. The molecule has 1 aromatic rings. The molecule has 156 valence electrons. The third-order valence-electron chi connectivity index (χ3n) is 5.70. The van der Waals surface area contributed by atoms with Crippen molar-refractivity contribution in [3.63, 3.8) is 0 Å². The Morgan fingerprint density at radius 1 is 1.04 bits per heavy atom. The van der Waals surface area contributed by atoms with Crippen molar-refractivity contribution >= 4 is 24.2 Å². The molecule has 3 rings (SSSR count). The molecule has 1 N–H and O–H groups in total. The maximum Gasteiger partial charge on any atom is 0.223 e. The zero-order valence-electron chi connectivity index (χ0n) is 16.7. The quantitative estimate of drug-likeness (QED) is 0.749. The summed E-state index contributed by atoms with van der Waals surface area (Å²) in [7, 11) is 1.65. The molecule has 0 saturated carbocycles. The number of methoxy groups -OCH3 is 1. The summed E-state index contributed by atoms with van der Waals surface area (Å²) in [6, 6.07) is 7.85. The van der Waals surface area contributed by atoms with Crippen LogP contribution in [0.25, 0.3) is 0 Å². The molecule has 2 heterocycles. The molecule has 2 aliphatic rings. The number of hydrogen-bond donors (Lipinski definition) is 1. The fourth-order valence-corrected chi connectivity index (χ4v) is 3.85. The Labute approximate surface area is 174 Å². The first-order valence-corrected chi connectivity index (χ1v) is 10.0. The summed E-state index contributed by atoms with van der Waals surface area (Å²) in [6.07, 6.45) is 4.04. The van der Waals surface area contributed by atoms with Crippen LogP contribution in [0.5, 0.6) is 5.75 Å². The van der Waals surface area contributed by atoms with E-state index in [0.717, 1.165) is 37.2 Å². The largest absolute Gasteiger partial charge is 0.497 e. The number of benzene rings is 1. The average Bonchev–Trinajstić information content (AvgIpc) is 3.24. The van der Waals surface area contributed by atoms with Gasteiger partial charge in [0.2, 0.25) is 11.8 Å². The van der Waals surface area contributed by atoms with Crippen LogP contribution in [0, 0.1) is 5.92 Å². The lowest BCUT2D eigenvalue weighted by atomic mass is 10.0. The maximum atomic E-state index is 12.5. The van der Waals surface area contributed by atoms with Gasteiger partial charge in [0, 0.05) is 39.0 Å². The number of ether oxygens (including phenoxy) is 1. The Bertz CT molecular complexity index is 624. The molecule has 0 spiro atoms. The van der Waals surface area contributed by atoms with Crippen LogP contribution >= 0.6 is 12.4 Å². The highest BCUT2D eigenvalue weighted by atomic mass is 35.5. The Balaban J connectivity index is 0.00000280. The van der Waals surface area contributed by atoms with E-state index in [1.165, 1.54) is 6.42 Å². The van der Waals surface area contributed by atoms with E-state index in [1.807, 2.05) is 34.1 Å². The minimum Gasteiger partial charge on any atom is -0.497 e. The van der Waals surface area contributed by atoms with E-state index >= 15 is 0 Å². The molecule has 0 bridgehead atoms. The Hall–Kier alpha value is -1.79. The van der Waals surface area contributed by atoms with Gasteiger partial charge in [-0.25, -0.2) is 0 Å². The minimum atomic E-state index is 0. The second-order valence-electron chi connectivity index (χ2n) is 7.51. The topological polar surface area (TPSA) is 61.9 Å². The summed E-state index contributed by atoms with van der Waals surface area (Å²) in [5.41, 5.74) is 1.14. The van der Waals surface area contributed by atoms with Gasteiger partial charge in [0.15, 0.2) is 0 Å². The third kappa shape index (κ3) is 6.38. The van der Waals surface area contributed by atoms with Crippen LogP contribution in [0.1, 0.15) is 31.2 Å². The fraction of sp³-hybridized carbons (Fsp3) is 0.619. The van der Waals surface area contributed by atoms with Crippen LogP contribution in [0.3, 0.4) is 0 Å². The summed E-state index contributed by atoms with van der Waals surface area (Å²) < 4.78 is 5.15. The van der Waals surface area contributed by atoms with E-state index < -0.39 is 0 Å². The predicted octanol–water partition coefficient (Wildman–Crippen LogP) is 2.11. The highest BCUT2D eigenvalue weighted by Crippen LogP contribution is 2.17. The molecule has 2 saturated heterocycles. The molecule has 7 heteroatoms. The molecule has 0 radical (unpaired) electrons. The van der Waals surface area contributed by atoms with E-state index in [-0.39, 0.29) is 24.2 Å². The lowest BCUT2D eigenvalue weighted by molar-refractivity contribution is -0.139. The van der Waals surface area contributed by atoms with E-state index in [4.69, 9.17) is 4.74 Å². The summed E-state index contributed by atoms with van der Waals surface area (Å²) in [5.74, 6) is 1.90. The highest BCUT2D eigenvalue weighted by Gasteiger charge is 2.24. The van der Waals surface area contributed by atoms with Crippen molar-refractivity contribution < 1.29 is 14.3 Å². The van der Waals surface area contributed by atoms with Crippen molar-refractivity contribution in [1.82, 2.24) is 15.1 Å². The molecular formula is C21H32ClN3O3. The van der Waals surface area contributed by atoms with Gasteiger partial charge in [-0.15, -0.1) is 12.4 Å². The summed E-state index contributed by atoms with van der Waals surface area (Å²) in [6.45, 7) is 4.75. The smallest absolute Gasteiger partial charge is 0.223 e. The van der Waals surface area contributed by atoms with Crippen molar-refractivity contribution in [2.45, 2.75) is 32.1 Å². The molecule has 2 amide bonds. The van der Waals surface area contributed by atoms with Gasteiger partial charge in [0.1, 0.15) is 5.75 Å². The molecule has 1 aromatic carbocycles. The number of hydrogen-bond acceptors (Lipinski definition) is 4. The van der Waals surface area contributed by atoms with Crippen molar-refractivity contribution in [1.29, 1.82) is 0 Å². The van der Waals surface area contributed by atoms with E-state index in [1.54, 1.807) is 7.11 Å². The molecule has 6 nitrogen and oxygen atoms in total. The van der Waals surface area contributed by atoms with Crippen molar-refractivity contribution in [2.75, 3.05) is 46.4 Å².